The maximum absolute atomic E-state index is 11.5. The predicted molar refractivity (Wildman–Crippen MR) is 89.1 cm³/mol. The quantitative estimate of drug-likeness (QED) is 0.628. The first kappa shape index (κ1) is 17.3. The molecule has 1 saturated heterocycles. The van der Waals surface area contributed by atoms with Crippen LogP contribution in [0.5, 0.6) is 0 Å². The van der Waals surface area contributed by atoms with E-state index in [-0.39, 0.29) is 5.91 Å². The third kappa shape index (κ3) is 4.97. The third-order valence-corrected chi connectivity index (χ3v) is 4.27. The van der Waals surface area contributed by atoms with Crippen LogP contribution >= 0.6 is 0 Å². The van der Waals surface area contributed by atoms with Gasteiger partial charge >= 0.3 is 0 Å². The van der Waals surface area contributed by atoms with Crippen molar-refractivity contribution in [2.45, 2.75) is 39.2 Å². The van der Waals surface area contributed by atoms with E-state index in [1.165, 1.54) is 0 Å². The second kappa shape index (κ2) is 8.55. The summed E-state index contributed by atoms with van der Waals surface area (Å²) in [7, 11) is 3.48. The van der Waals surface area contributed by atoms with Gasteiger partial charge in [0.05, 0.1) is 12.2 Å². The highest BCUT2D eigenvalue weighted by atomic mass is 16.5. The van der Waals surface area contributed by atoms with Gasteiger partial charge in [-0.25, -0.2) is 0 Å². The lowest BCUT2D eigenvalue weighted by atomic mass is 9.93. The van der Waals surface area contributed by atoms with Gasteiger partial charge in [-0.15, -0.1) is 0 Å². The number of aromatic nitrogens is 1. The summed E-state index contributed by atoms with van der Waals surface area (Å²) in [5.41, 5.74) is 0.965. The number of carbonyl (C=O) groups excluding carboxylic acids is 1. The molecule has 7 heteroatoms. The number of hydrogen-bond acceptors (Lipinski definition) is 4. The second-order valence-corrected chi connectivity index (χ2v) is 5.85. The molecule has 1 aromatic rings. The third-order valence-electron chi connectivity index (χ3n) is 4.27. The zero-order valence-corrected chi connectivity index (χ0v) is 14.3. The van der Waals surface area contributed by atoms with Crippen LogP contribution in [0.4, 0.5) is 0 Å². The Morgan fingerprint density at radius 2 is 2.22 bits per heavy atom. The molecule has 0 saturated carbocycles. The second-order valence-electron chi connectivity index (χ2n) is 5.85. The van der Waals surface area contributed by atoms with Gasteiger partial charge < -0.3 is 20.1 Å². The molecule has 1 fully saturated rings. The van der Waals surface area contributed by atoms with Crippen LogP contribution < -0.4 is 10.6 Å². The van der Waals surface area contributed by atoms with Crippen molar-refractivity contribution < 1.29 is 9.32 Å². The zero-order chi connectivity index (χ0) is 16.7. The van der Waals surface area contributed by atoms with E-state index < -0.39 is 0 Å². The first-order chi connectivity index (χ1) is 11.2. The van der Waals surface area contributed by atoms with Crippen LogP contribution in [0.1, 0.15) is 37.6 Å². The van der Waals surface area contributed by atoms with Crippen molar-refractivity contribution in [3.8, 4) is 0 Å². The number of nitrogens with zero attached hydrogens (tertiary/aromatic N) is 3. The smallest absolute Gasteiger partial charge is 0.220 e. The monoisotopic (exact) mass is 321 g/mol. The van der Waals surface area contributed by atoms with Crippen LogP contribution in [0.2, 0.25) is 0 Å². The number of aliphatic imine (C=N–C) groups is 1. The lowest BCUT2D eigenvalue weighted by Crippen LogP contribution is -2.45. The van der Waals surface area contributed by atoms with Crippen molar-refractivity contribution >= 4 is 11.9 Å². The fourth-order valence-electron chi connectivity index (χ4n) is 2.82. The topological polar surface area (TPSA) is 82.8 Å². The highest BCUT2D eigenvalue weighted by molar-refractivity contribution is 5.80. The molecule has 1 amide bonds. The number of nitrogens with one attached hydrogen (secondary N) is 2. The lowest BCUT2D eigenvalue weighted by molar-refractivity contribution is -0.121. The minimum Gasteiger partial charge on any atom is -0.359 e. The summed E-state index contributed by atoms with van der Waals surface area (Å²) in [5, 5.41) is 10.0. The molecule has 128 valence electrons. The van der Waals surface area contributed by atoms with Crippen LogP contribution in [-0.2, 0) is 17.8 Å². The molecule has 1 aliphatic heterocycles. The Kier molecular flexibility index (Phi) is 6.43. The summed E-state index contributed by atoms with van der Waals surface area (Å²) in [4.78, 5) is 18.0. The van der Waals surface area contributed by atoms with Crippen LogP contribution in [0.25, 0.3) is 0 Å². The molecule has 0 radical (unpaired) electrons. The number of aryl methyl sites for hydroxylation is 1. The maximum atomic E-state index is 11.5. The molecule has 2 heterocycles. The van der Waals surface area contributed by atoms with E-state index in [0.29, 0.717) is 18.9 Å². The van der Waals surface area contributed by atoms with E-state index in [1.807, 2.05) is 6.07 Å². The Hall–Kier alpha value is -2.05. The summed E-state index contributed by atoms with van der Waals surface area (Å²) in [5.74, 6) is 2.28. The molecule has 23 heavy (non-hydrogen) atoms. The van der Waals surface area contributed by atoms with Crippen LogP contribution in [0.15, 0.2) is 15.6 Å². The van der Waals surface area contributed by atoms with Gasteiger partial charge in [-0.3, -0.25) is 9.79 Å². The molecule has 0 unspecified atom stereocenters. The SMILES string of the molecule is CCc1cc(CNC(=NC)N2CCC(CC(=O)NC)CC2)on1. The molecule has 0 atom stereocenters. The van der Waals surface area contributed by atoms with Gasteiger partial charge in [-0.1, -0.05) is 12.1 Å². The van der Waals surface area contributed by atoms with Crippen molar-refractivity contribution in [3.63, 3.8) is 0 Å². The normalized spacial score (nSPS) is 16.5. The molecule has 2 N–H and O–H groups in total. The fourth-order valence-corrected chi connectivity index (χ4v) is 2.82. The molecule has 2 rings (SSSR count). The highest BCUT2D eigenvalue weighted by Gasteiger charge is 2.23. The largest absolute Gasteiger partial charge is 0.359 e. The van der Waals surface area contributed by atoms with E-state index in [0.717, 1.165) is 49.8 Å². The minimum atomic E-state index is 0.128. The maximum Gasteiger partial charge on any atom is 0.220 e. The van der Waals surface area contributed by atoms with Gasteiger partial charge in [0.2, 0.25) is 5.91 Å². The number of carbonyl (C=O) groups is 1. The van der Waals surface area contributed by atoms with Crippen LogP contribution in [0, 0.1) is 5.92 Å². The number of piperidine rings is 1. The number of hydrogen-bond donors (Lipinski definition) is 2. The predicted octanol–water partition coefficient (Wildman–Crippen LogP) is 1.16. The average Bonchev–Trinajstić information content (AvgIpc) is 3.04. The first-order valence-corrected chi connectivity index (χ1v) is 8.26. The Balaban J connectivity index is 1.79. The highest BCUT2D eigenvalue weighted by Crippen LogP contribution is 2.20. The van der Waals surface area contributed by atoms with Crippen molar-refractivity contribution in [1.82, 2.24) is 20.7 Å². The summed E-state index contributed by atoms with van der Waals surface area (Å²) in [6, 6.07) is 1.97. The van der Waals surface area contributed by atoms with Crippen molar-refractivity contribution in [1.29, 1.82) is 0 Å². The Labute approximate surface area is 137 Å². The molecule has 0 aromatic carbocycles. The number of rotatable bonds is 5. The van der Waals surface area contributed by atoms with Crippen molar-refractivity contribution in [2.75, 3.05) is 27.2 Å². The van der Waals surface area contributed by atoms with Gasteiger partial charge in [-0.2, -0.15) is 0 Å². The number of amides is 1. The molecule has 1 aromatic heterocycles. The fraction of sp³-hybridized carbons (Fsp3) is 0.688. The zero-order valence-electron chi connectivity index (χ0n) is 14.3. The molecular weight excluding hydrogens is 294 g/mol. The lowest BCUT2D eigenvalue weighted by Gasteiger charge is -2.33. The molecule has 0 aliphatic carbocycles. The molecule has 0 bridgehead atoms. The summed E-state index contributed by atoms with van der Waals surface area (Å²) < 4.78 is 5.28. The first-order valence-electron chi connectivity index (χ1n) is 8.26. The Bertz CT molecular complexity index is 532. The van der Waals surface area contributed by atoms with Gasteiger partial charge in [0, 0.05) is 39.7 Å². The van der Waals surface area contributed by atoms with Crippen molar-refractivity contribution in [3.05, 3.63) is 17.5 Å². The van der Waals surface area contributed by atoms with Gasteiger partial charge in [0.1, 0.15) is 0 Å². The molecule has 0 spiro atoms. The summed E-state index contributed by atoms with van der Waals surface area (Å²) >= 11 is 0. The van der Waals surface area contributed by atoms with Gasteiger partial charge in [-0.05, 0) is 25.2 Å². The number of likely N-dealkylation sites (tertiary alicyclic amines) is 1. The molecular formula is C16H27N5O2. The standard InChI is InChI=1S/C16H27N5O2/c1-4-13-10-14(23-20-13)11-19-16(18-3)21-7-5-12(6-8-21)9-15(22)17-2/h10,12H,4-9,11H2,1-3H3,(H,17,22)(H,18,19). The molecule has 1 aliphatic rings. The van der Waals surface area contributed by atoms with E-state index >= 15 is 0 Å². The van der Waals surface area contributed by atoms with Crippen molar-refractivity contribution in [2.24, 2.45) is 10.9 Å². The average molecular weight is 321 g/mol. The van der Waals surface area contributed by atoms with E-state index in [4.69, 9.17) is 4.52 Å². The van der Waals surface area contributed by atoms with Gasteiger partial charge in [0.15, 0.2) is 11.7 Å². The van der Waals surface area contributed by atoms with E-state index in [1.54, 1.807) is 14.1 Å². The minimum absolute atomic E-state index is 0.128. The van der Waals surface area contributed by atoms with Crippen LogP contribution in [-0.4, -0.2) is 49.1 Å². The van der Waals surface area contributed by atoms with Gasteiger partial charge in [0.25, 0.3) is 0 Å². The summed E-state index contributed by atoms with van der Waals surface area (Å²) in [6.07, 6.45) is 3.51. The number of guanidine groups is 1. The summed E-state index contributed by atoms with van der Waals surface area (Å²) in [6.45, 7) is 4.46. The van der Waals surface area contributed by atoms with Crippen LogP contribution in [0.3, 0.4) is 0 Å². The Morgan fingerprint density at radius 1 is 1.48 bits per heavy atom. The Morgan fingerprint density at radius 3 is 2.78 bits per heavy atom. The van der Waals surface area contributed by atoms with E-state index in [2.05, 4.69) is 32.6 Å². The molecule has 7 nitrogen and oxygen atoms in total. The van der Waals surface area contributed by atoms with E-state index in [9.17, 15) is 4.79 Å².